The van der Waals surface area contributed by atoms with Gasteiger partial charge in [-0.15, -0.1) is 11.3 Å². The van der Waals surface area contributed by atoms with Gasteiger partial charge in [-0.1, -0.05) is 12.1 Å². The van der Waals surface area contributed by atoms with Crippen molar-refractivity contribution in [2.45, 2.75) is 32.4 Å². The molecule has 2 rings (SSSR count). The van der Waals surface area contributed by atoms with Gasteiger partial charge in [0.1, 0.15) is 17.5 Å². The topological polar surface area (TPSA) is 80.3 Å². The van der Waals surface area contributed by atoms with Crippen molar-refractivity contribution >= 4 is 28.5 Å². The first-order valence-corrected chi connectivity index (χ1v) is 8.08. The lowest BCUT2D eigenvalue weighted by Gasteiger charge is -2.23. The van der Waals surface area contributed by atoms with E-state index in [1.165, 1.54) is 29.5 Å². The summed E-state index contributed by atoms with van der Waals surface area (Å²) in [6, 6.07) is 4.34. The van der Waals surface area contributed by atoms with E-state index >= 15 is 0 Å². The second kappa shape index (κ2) is 7.39. The Bertz CT molecular complexity index is 714. The van der Waals surface area contributed by atoms with E-state index in [0.29, 0.717) is 10.7 Å². The molecule has 0 radical (unpaired) electrons. The van der Waals surface area contributed by atoms with Crippen LogP contribution in [0.4, 0.5) is 14.3 Å². The highest BCUT2D eigenvalue weighted by Crippen LogP contribution is 2.19. The van der Waals surface area contributed by atoms with Crippen LogP contribution >= 0.6 is 11.3 Å². The molecule has 0 unspecified atom stereocenters. The van der Waals surface area contributed by atoms with Gasteiger partial charge in [0, 0.05) is 11.6 Å². The molecule has 128 valence electrons. The van der Waals surface area contributed by atoms with Crippen molar-refractivity contribution in [3.63, 3.8) is 0 Å². The molecule has 0 saturated heterocycles. The molecule has 0 aliphatic rings. The van der Waals surface area contributed by atoms with Gasteiger partial charge in [0.05, 0.1) is 0 Å². The zero-order valence-electron chi connectivity index (χ0n) is 13.5. The van der Waals surface area contributed by atoms with Crippen LogP contribution in [0.3, 0.4) is 0 Å². The summed E-state index contributed by atoms with van der Waals surface area (Å²) in [4.78, 5) is 28.5. The molecule has 2 amide bonds. The Labute approximate surface area is 143 Å². The van der Waals surface area contributed by atoms with Crippen molar-refractivity contribution in [3.05, 3.63) is 47.2 Å². The van der Waals surface area contributed by atoms with Crippen molar-refractivity contribution < 1.29 is 18.7 Å². The van der Waals surface area contributed by atoms with E-state index < -0.39 is 29.5 Å². The average molecular weight is 351 g/mol. The van der Waals surface area contributed by atoms with Crippen molar-refractivity contribution in [1.29, 1.82) is 0 Å². The molecule has 8 heteroatoms. The number of nitrogens with one attached hydrogen (secondary N) is 2. The van der Waals surface area contributed by atoms with Crippen LogP contribution in [0.25, 0.3) is 0 Å². The van der Waals surface area contributed by atoms with Crippen molar-refractivity contribution in [2.75, 3.05) is 5.32 Å². The van der Waals surface area contributed by atoms with E-state index in [1.54, 1.807) is 38.4 Å². The molecule has 2 N–H and O–H groups in total. The highest BCUT2D eigenvalue weighted by molar-refractivity contribution is 7.13. The van der Waals surface area contributed by atoms with E-state index in [4.69, 9.17) is 4.74 Å². The molecular formula is C16H18FN3O3S. The maximum atomic E-state index is 13.5. The molecule has 1 aromatic carbocycles. The van der Waals surface area contributed by atoms with Crippen LogP contribution in [0.1, 0.15) is 32.4 Å². The average Bonchev–Trinajstić information content (AvgIpc) is 2.95. The van der Waals surface area contributed by atoms with Crippen LogP contribution < -0.4 is 10.6 Å². The molecule has 0 fully saturated rings. The molecule has 2 aromatic rings. The normalized spacial score (nSPS) is 12.3. The molecule has 0 bridgehead atoms. The minimum Gasteiger partial charge on any atom is -0.444 e. The maximum Gasteiger partial charge on any atom is 0.408 e. The summed E-state index contributed by atoms with van der Waals surface area (Å²) < 4.78 is 18.7. The Hall–Kier alpha value is -2.48. The number of hydrogen-bond donors (Lipinski definition) is 2. The van der Waals surface area contributed by atoms with E-state index in [1.807, 2.05) is 0 Å². The molecule has 24 heavy (non-hydrogen) atoms. The molecule has 1 aromatic heterocycles. The number of ether oxygens (including phenoxy) is 1. The summed E-state index contributed by atoms with van der Waals surface area (Å²) in [6.45, 7) is 5.12. The smallest absolute Gasteiger partial charge is 0.408 e. The third-order valence-electron chi connectivity index (χ3n) is 2.77. The first-order chi connectivity index (χ1) is 11.2. The van der Waals surface area contributed by atoms with Crippen molar-refractivity contribution in [2.24, 2.45) is 0 Å². The van der Waals surface area contributed by atoms with Gasteiger partial charge in [-0.25, -0.2) is 14.2 Å². The molecule has 0 spiro atoms. The third-order valence-corrected chi connectivity index (χ3v) is 3.46. The molecule has 6 nitrogen and oxygen atoms in total. The number of benzene rings is 1. The van der Waals surface area contributed by atoms with E-state index in [2.05, 4.69) is 15.6 Å². The zero-order chi connectivity index (χ0) is 17.7. The lowest BCUT2D eigenvalue weighted by Crippen LogP contribution is -2.40. The maximum absolute atomic E-state index is 13.5. The first-order valence-electron chi connectivity index (χ1n) is 7.20. The minimum atomic E-state index is -1.11. The summed E-state index contributed by atoms with van der Waals surface area (Å²) >= 11 is 1.23. The van der Waals surface area contributed by atoms with Crippen LogP contribution in [0, 0.1) is 5.82 Å². The predicted octanol–water partition coefficient (Wildman–Crippen LogP) is 3.49. The van der Waals surface area contributed by atoms with E-state index in [-0.39, 0.29) is 0 Å². The second-order valence-electron chi connectivity index (χ2n) is 5.96. The van der Waals surface area contributed by atoms with Crippen molar-refractivity contribution in [3.8, 4) is 0 Å². The van der Waals surface area contributed by atoms with Crippen LogP contribution in [0.2, 0.25) is 0 Å². The second-order valence-corrected chi connectivity index (χ2v) is 6.86. The van der Waals surface area contributed by atoms with Gasteiger partial charge in [0.15, 0.2) is 5.13 Å². The Morgan fingerprint density at radius 1 is 1.33 bits per heavy atom. The lowest BCUT2D eigenvalue weighted by molar-refractivity contribution is -0.118. The number of thiazole rings is 1. The Balaban J connectivity index is 2.20. The third kappa shape index (κ3) is 5.31. The Kier molecular flexibility index (Phi) is 5.50. The monoisotopic (exact) mass is 351 g/mol. The summed E-state index contributed by atoms with van der Waals surface area (Å²) in [5, 5.41) is 7.13. The molecule has 0 saturated carbocycles. The highest BCUT2D eigenvalue weighted by Gasteiger charge is 2.26. The number of alkyl carbamates (subject to hydrolysis) is 1. The number of anilines is 1. The summed E-state index contributed by atoms with van der Waals surface area (Å²) in [5.41, 5.74) is -0.419. The van der Waals surface area contributed by atoms with Crippen LogP contribution in [-0.2, 0) is 9.53 Å². The largest absolute Gasteiger partial charge is 0.444 e. The SMILES string of the molecule is CC(C)(C)OC(=O)N[C@@H](C(=O)Nc1nccs1)c1cccc(F)c1. The number of aromatic nitrogens is 1. The zero-order valence-corrected chi connectivity index (χ0v) is 14.3. The fourth-order valence-corrected chi connectivity index (χ4v) is 2.41. The van der Waals surface area contributed by atoms with Crippen LogP contribution in [-0.4, -0.2) is 22.6 Å². The summed E-state index contributed by atoms with van der Waals surface area (Å²) in [5.74, 6) is -1.05. The number of carbonyl (C=O) groups excluding carboxylic acids is 2. The predicted molar refractivity (Wildman–Crippen MR) is 89.3 cm³/mol. The van der Waals surface area contributed by atoms with Gasteiger partial charge in [0.25, 0.3) is 5.91 Å². The number of nitrogens with zero attached hydrogens (tertiary/aromatic N) is 1. The first kappa shape index (κ1) is 17.9. The number of hydrogen-bond acceptors (Lipinski definition) is 5. The number of carbonyl (C=O) groups is 2. The fraction of sp³-hybridized carbons (Fsp3) is 0.312. The lowest BCUT2D eigenvalue weighted by atomic mass is 10.1. The highest BCUT2D eigenvalue weighted by atomic mass is 32.1. The number of amides is 2. The molecule has 1 heterocycles. The van der Waals surface area contributed by atoms with E-state index in [9.17, 15) is 14.0 Å². The van der Waals surface area contributed by atoms with Gasteiger partial charge >= 0.3 is 6.09 Å². The molecular weight excluding hydrogens is 333 g/mol. The fourth-order valence-electron chi connectivity index (χ4n) is 1.87. The Morgan fingerprint density at radius 3 is 2.67 bits per heavy atom. The summed E-state index contributed by atoms with van der Waals surface area (Å²) in [7, 11) is 0. The molecule has 0 aliphatic heterocycles. The van der Waals surface area contributed by atoms with Gasteiger partial charge in [-0.05, 0) is 38.5 Å². The summed E-state index contributed by atoms with van der Waals surface area (Å²) in [6.07, 6.45) is 0.768. The van der Waals surface area contributed by atoms with E-state index in [0.717, 1.165) is 0 Å². The quantitative estimate of drug-likeness (QED) is 0.884. The Morgan fingerprint density at radius 2 is 2.08 bits per heavy atom. The molecule has 0 aliphatic carbocycles. The number of rotatable bonds is 4. The van der Waals surface area contributed by atoms with Gasteiger partial charge in [-0.3, -0.25) is 10.1 Å². The van der Waals surface area contributed by atoms with Crippen LogP contribution in [0.5, 0.6) is 0 Å². The minimum absolute atomic E-state index is 0.301. The van der Waals surface area contributed by atoms with Crippen molar-refractivity contribution in [1.82, 2.24) is 10.3 Å². The van der Waals surface area contributed by atoms with Gasteiger partial charge in [-0.2, -0.15) is 0 Å². The molecule has 1 atom stereocenters. The number of halogens is 1. The van der Waals surface area contributed by atoms with Gasteiger partial charge in [0.2, 0.25) is 0 Å². The van der Waals surface area contributed by atoms with Gasteiger partial charge < -0.3 is 10.1 Å². The standard InChI is InChI=1S/C16H18FN3O3S/c1-16(2,3)23-15(22)19-12(10-5-4-6-11(17)9-10)13(21)20-14-18-7-8-24-14/h4-9,12H,1-3H3,(H,19,22)(H,18,20,21)/t12-/m1/s1. The van der Waals surface area contributed by atoms with Crippen LogP contribution in [0.15, 0.2) is 35.8 Å².